The Morgan fingerprint density at radius 3 is 2.61 bits per heavy atom. The van der Waals surface area contributed by atoms with E-state index in [4.69, 9.17) is 9.84 Å². The van der Waals surface area contributed by atoms with Gasteiger partial charge in [0.15, 0.2) is 0 Å². The lowest BCUT2D eigenvalue weighted by Crippen LogP contribution is -2.50. The number of amides is 2. The molecule has 2 aliphatic rings. The summed E-state index contributed by atoms with van der Waals surface area (Å²) in [6.45, 7) is 3.45. The van der Waals surface area contributed by atoms with Gasteiger partial charge in [0, 0.05) is 26.1 Å². The summed E-state index contributed by atoms with van der Waals surface area (Å²) in [5.41, 5.74) is 2.84. The van der Waals surface area contributed by atoms with Crippen molar-refractivity contribution in [2.75, 3.05) is 13.1 Å². The van der Waals surface area contributed by atoms with Gasteiger partial charge in [0.1, 0.15) is 0 Å². The summed E-state index contributed by atoms with van der Waals surface area (Å²) >= 11 is 0. The van der Waals surface area contributed by atoms with Gasteiger partial charge >= 0.3 is 5.97 Å². The number of aromatic carboxylic acids is 1. The van der Waals surface area contributed by atoms with Gasteiger partial charge in [-0.2, -0.15) is 0 Å². The predicted octanol–water partition coefficient (Wildman–Crippen LogP) is 3.26. The highest BCUT2D eigenvalue weighted by molar-refractivity contribution is 5.87. The van der Waals surface area contributed by atoms with E-state index in [-0.39, 0.29) is 36.4 Å². The van der Waals surface area contributed by atoms with Crippen molar-refractivity contribution in [1.82, 2.24) is 10.2 Å². The van der Waals surface area contributed by atoms with Crippen LogP contribution in [-0.2, 0) is 32.9 Å². The molecule has 33 heavy (non-hydrogen) atoms. The monoisotopic (exact) mass is 450 g/mol. The SMILES string of the molecule is CCC(=O)N1CCC2(CC1)OC(CC(=O)NCc1cccc(C(=O)O)c1)Cc1ccccc12. The number of carboxylic acid groups (broad SMARTS) is 1. The molecule has 0 radical (unpaired) electrons. The molecular formula is C26H30N2O5. The van der Waals surface area contributed by atoms with Crippen LogP contribution in [0.5, 0.6) is 0 Å². The first-order chi connectivity index (χ1) is 15.9. The maximum absolute atomic E-state index is 12.7. The smallest absolute Gasteiger partial charge is 0.335 e. The number of piperidine rings is 1. The van der Waals surface area contributed by atoms with E-state index in [9.17, 15) is 14.4 Å². The number of carboxylic acids is 1. The van der Waals surface area contributed by atoms with Gasteiger partial charge < -0.3 is 20.1 Å². The molecule has 1 fully saturated rings. The molecule has 1 unspecified atom stereocenters. The standard InChI is InChI=1S/C26H30N2O5/c1-2-24(30)28-12-10-26(11-13-28)22-9-4-3-7-19(22)15-21(33-26)16-23(29)27-17-18-6-5-8-20(14-18)25(31)32/h3-9,14,21H,2,10-13,15-17H2,1H3,(H,27,29)(H,31,32). The molecular weight excluding hydrogens is 420 g/mol. The van der Waals surface area contributed by atoms with E-state index in [1.807, 2.05) is 24.0 Å². The summed E-state index contributed by atoms with van der Waals surface area (Å²) in [5, 5.41) is 12.0. The quantitative estimate of drug-likeness (QED) is 0.704. The molecule has 1 spiro atoms. The van der Waals surface area contributed by atoms with E-state index in [1.54, 1.807) is 18.2 Å². The molecule has 0 bridgehead atoms. The molecule has 7 nitrogen and oxygen atoms in total. The van der Waals surface area contributed by atoms with Crippen molar-refractivity contribution in [1.29, 1.82) is 0 Å². The zero-order valence-electron chi connectivity index (χ0n) is 18.9. The minimum absolute atomic E-state index is 0.131. The minimum Gasteiger partial charge on any atom is -0.478 e. The summed E-state index contributed by atoms with van der Waals surface area (Å²) in [6.07, 6.45) is 2.58. The molecule has 0 saturated carbocycles. The summed E-state index contributed by atoms with van der Waals surface area (Å²) in [4.78, 5) is 37.9. The Balaban J connectivity index is 1.42. The molecule has 0 aliphatic carbocycles. The van der Waals surface area contributed by atoms with Crippen molar-refractivity contribution in [3.05, 3.63) is 70.8 Å². The third kappa shape index (κ3) is 5.09. The highest BCUT2D eigenvalue weighted by Gasteiger charge is 2.44. The van der Waals surface area contributed by atoms with Gasteiger partial charge in [0.05, 0.1) is 23.7 Å². The van der Waals surface area contributed by atoms with Crippen LogP contribution in [-0.4, -0.2) is 47.0 Å². The molecule has 2 aromatic carbocycles. The predicted molar refractivity (Wildman–Crippen MR) is 123 cm³/mol. The third-order valence-electron chi connectivity index (χ3n) is 6.65. The summed E-state index contributed by atoms with van der Waals surface area (Å²) in [7, 11) is 0. The molecule has 2 aliphatic heterocycles. The van der Waals surface area contributed by atoms with Gasteiger partial charge in [0.25, 0.3) is 0 Å². The van der Waals surface area contributed by atoms with Crippen LogP contribution in [0.3, 0.4) is 0 Å². The molecule has 1 saturated heterocycles. The molecule has 7 heteroatoms. The number of hydrogen-bond donors (Lipinski definition) is 2. The van der Waals surface area contributed by atoms with Crippen molar-refractivity contribution < 1.29 is 24.2 Å². The molecule has 4 rings (SSSR count). The second-order valence-corrected chi connectivity index (χ2v) is 8.82. The number of rotatable bonds is 6. The number of likely N-dealkylation sites (tertiary alicyclic amines) is 1. The number of benzene rings is 2. The van der Waals surface area contributed by atoms with Crippen LogP contribution in [0, 0.1) is 0 Å². The van der Waals surface area contributed by atoms with Gasteiger partial charge in [-0.1, -0.05) is 43.3 Å². The van der Waals surface area contributed by atoms with E-state index in [0.717, 1.165) is 18.4 Å². The Kier molecular flexibility index (Phi) is 6.79. The van der Waals surface area contributed by atoms with Crippen LogP contribution in [0.1, 0.15) is 59.7 Å². The topological polar surface area (TPSA) is 95.9 Å². The number of carbonyl (C=O) groups is 3. The Bertz CT molecular complexity index is 1040. The van der Waals surface area contributed by atoms with Crippen molar-refractivity contribution in [3.63, 3.8) is 0 Å². The highest BCUT2D eigenvalue weighted by Crippen LogP contribution is 2.44. The first-order valence-electron chi connectivity index (χ1n) is 11.5. The molecule has 2 amide bonds. The summed E-state index contributed by atoms with van der Waals surface area (Å²) < 4.78 is 6.60. The Labute approximate surface area is 193 Å². The summed E-state index contributed by atoms with van der Waals surface area (Å²) in [5.74, 6) is -0.958. The first-order valence-corrected chi connectivity index (χ1v) is 11.5. The van der Waals surface area contributed by atoms with Gasteiger partial charge in [-0.05, 0) is 48.1 Å². The van der Waals surface area contributed by atoms with Crippen molar-refractivity contribution >= 4 is 17.8 Å². The molecule has 2 heterocycles. The number of nitrogens with one attached hydrogen (secondary N) is 1. The van der Waals surface area contributed by atoms with Crippen LogP contribution >= 0.6 is 0 Å². The number of nitrogens with zero attached hydrogens (tertiary/aromatic N) is 1. The maximum Gasteiger partial charge on any atom is 0.335 e. The number of carbonyl (C=O) groups excluding carboxylic acids is 2. The fraction of sp³-hybridized carbons (Fsp3) is 0.423. The average Bonchev–Trinajstić information content (AvgIpc) is 2.83. The maximum atomic E-state index is 12.7. The van der Waals surface area contributed by atoms with Crippen LogP contribution in [0.2, 0.25) is 0 Å². The van der Waals surface area contributed by atoms with Crippen LogP contribution in [0.15, 0.2) is 48.5 Å². The van der Waals surface area contributed by atoms with Gasteiger partial charge in [0.2, 0.25) is 11.8 Å². The first kappa shape index (κ1) is 23.0. The van der Waals surface area contributed by atoms with E-state index in [1.165, 1.54) is 17.2 Å². The van der Waals surface area contributed by atoms with Gasteiger partial charge in [-0.3, -0.25) is 9.59 Å². The lowest BCUT2D eigenvalue weighted by molar-refractivity contribution is -0.156. The lowest BCUT2D eigenvalue weighted by atomic mass is 9.78. The molecule has 2 aromatic rings. The second-order valence-electron chi connectivity index (χ2n) is 8.82. The number of ether oxygens (including phenoxy) is 1. The Hall–Kier alpha value is -3.19. The normalized spacial score (nSPS) is 19.1. The van der Waals surface area contributed by atoms with E-state index in [0.29, 0.717) is 25.9 Å². The zero-order valence-corrected chi connectivity index (χ0v) is 18.9. The fourth-order valence-corrected chi connectivity index (χ4v) is 4.95. The van der Waals surface area contributed by atoms with Crippen LogP contribution < -0.4 is 5.32 Å². The third-order valence-corrected chi connectivity index (χ3v) is 6.65. The molecule has 0 aromatic heterocycles. The van der Waals surface area contributed by atoms with E-state index in [2.05, 4.69) is 17.4 Å². The summed E-state index contributed by atoms with van der Waals surface area (Å²) in [6, 6.07) is 14.8. The fourth-order valence-electron chi connectivity index (χ4n) is 4.95. The van der Waals surface area contributed by atoms with Crippen molar-refractivity contribution in [3.8, 4) is 0 Å². The molecule has 1 atom stereocenters. The van der Waals surface area contributed by atoms with Crippen LogP contribution in [0.4, 0.5) is 0 Å². The largest absolute Gasteiger partial charge is 0.478 e. The van der Waals surface area contributed by atoms with E-state index >= 15 is 0 Å². The number of hydrogen-bond acceptors (Lipinski definition) is 4. The van der Waals surface area contributed by atoms with Gasteiger partial charge in [-0.15, -0.1) is 0 Å². The van der Waals surface area contributed by atoms with Crippen LogP contribution in [0.25, 0.3) is 0 Å². The van der Waals surface area contributed by atoms with Crippen molar-refractivity contribution in [2.24, 2.45) is 0 Å². The zero-order chi connectivity index (χ0) is 23.4. The van der Waals surface area contributed by atoms with E-state index < -0.39 is 11.6 Å². The molecule has 2 N–H and O–H groups in total. The second kappa shape index (κ2) is 9.75. The number of fused-ring (bicyclic) bond motifs is 2. The average molecular weight is 451 g/mol. The minimum atomic E-state index is -0.991. The van der Waals surface area contributed by atoms with Gasteiger partial charge in [-0.25, -0.2) is 4.79 Å². The van der Waals surface area contributed by atoms with Crippen molar-refractivity contribution in [2.45, 2.75) is 57.3 Å². The Morgan fingerprint density at radius 2 is 1.88 bits per heavy atom. The lowest BCUT2D eigenvalue weighted by Gasteiger charge is -2.47. The molecule has 174 valence electrons. The Morgan fingerprint density at radius 1 is 1.12 bits per heavy atom. The highest BCUT2D eigenvalue weighted by atomic mass is 16.5.